The quantitative estimate of drug-likeness (QED) is 0.164. The normalized spacial score (nSPS) is 18.1. The van der Waals surface area contributed by atoms with Crippen LogP contribution in [0.4, 0.5) is 0 Å². The Morgan fingerprint density at radius 2 is 1.58 bits per heavy atom. The lowest BCUT2D eigenvalue weighted by molar-refractivity contribution is -0.144. The number of rotatable bonds is 17. The van der Waals surface area contributed by atoms with Gasteiger partial charge in [-0.2, -0.15) is 0 Å². The van der Waals surface area contributed by atoms with Gasteiger partial charge in [0.1, 0.15) is 12.1 Å². The van der Waals surface area contributed by atoms with E-state index in [1.54, 1.807) is 11.3 Å². The van der Waals surface area contributed by atoms with Gasteiger partial charge in [0.05, 0.1) is 28.2 Å². The average Bonchev–Trinajstić information content (AvgIpc) is 3.61. The molecule has 3 rings (SSSR count). The maximum atomic E-state index is 13.9. The van der Waals surface area contributed by atoms with Crippen molar-refractivity contribution in [1.29, 1.82) is 0 Å². The summed E-state index contributed by atoms with van der Waals surface area (Å²) in [6, 6.07) is 6.08. The molecule has 4 N–H and O–H groups in total. The number of aliphatic hydroxyl groups excluding tert-OH is 2. The zero-order chi connectivity index (χ0) is 33.0. The van der Waals surface area contributed by atoms with Crippen molar-refractivity contribution in [3.05, 3.63) is 41.0 Å². The molecule has 0 aliphatic carbocycles. The molecule has 0 saturated carbocycles. The Labute approximate surface area is 273 Å². The van der Waals surface area contributed by atoms with Crippen LogP contribution in [0.15, 0.2) is 29.8 Å². The molecule has 4 atom stereocenters. The second-order valence-electron chi connectivity index (χ2n) is 13.5. The van der Waals surface area contributed by atoms with Gasteiger partial charge in [-0.15, -0.1) is 11.3 Å². The topological polar surface area (TPSA) is 132 Å². The van der Waals surface area contributed by atoms with E-state index in [2.05, 4.69) is 15.6 Å². The molecule has 2 heterocycles. The molecule has 9 nitrogen and oxygen atoms in total. The van der Waals surface area contributed by atoms with Gasteiger partial charge in [0.25, 0.3) is 0 Å². The molecule has 0 radical (unpaired) electrons. The van der Waals surface area contributed by atoms with Crippen molar-refractivity contribution in [2.45, 2.75) is 129 Å². The van der Waals surface area contributed by atoms with Crippen LogP contribution in [0.25, 0.3) is 10.4 Å². The van der Waals surface area contributed by atoms with E-state index in [1.165, 1.54) is 17.7 Å². The Balaban J connectivity index is 1.53. The van der Waals surface area contributed by atoms with Crippen LogP contribution < -0.4 is 10.6 Å². The maximum absolute atomic E-state index is 13.9. The summed E-state index contributed by atoms with van der Waals surface area (Å²) in [4.78, 5) is 47.1. The lowest BCUT2D eigenvalue weighted by Crippen LogP contribution is -2.57. The number of carbonyl (C=O) groups excluding carboxylic acids is 3. The molecule has 45 heavy (non-hydrogen) atoms. The number of benzene rings is 1. The van der Waals surface area contributed by atoms with Gasteiger partial charge >= 0.3 is 0 Å². The minimum atomic E-state index is -0.820. The number of hydrogen-bond donors (Lipinski definition) is 4. The van der Waals surface area contributed by atoms with E-state index in [0.29, 0.717) is 6.42 Å². The first-order valence-electron chi connectivity index (χ1n) is 16.6. The van der Waals surface area contributed by atoms with E-state index < -0.39 is 23.6 Å². The fourth-order valence-electron chi connectivity index (χ4n) is 5.88. The molecule has 1 aliphatic rings. The van der Waals surface area contributed by atoms with Crippen LogP contribution in [0.3, 0.4) is 0 Å². The van der Waals surface area contributed by atoms with Gasteiger partial charge < -0.3 is 25.7 Å². The molecule has 1 aromatic carbocycles. The zero-order valence-corrected chi connectivity index (χ0v) is 28.6. The molecule has 0 unspecified atom stereocenters. The van der Waals surface area contributed by atoms with E-state index in [1.807, 2.05) is 64.4 Å². The van der Waals surface area contributed by atoms with E-state index in [9.17, 15) is 19.5 Å². The number of aryl methyl sites for hydroxylation is 1. The van der Waals surface area contributed by atoms with E-state index in [-0.39, 0.29) is 43.3 Å². The number of unbranched alkanes of at least 4 members (excludes halogenated alkanes) is 8. The van der Waals surface area contributed by atoms with Gasteiger partial charge in [-0.05, 0) is 43.2 Å². The van der Waals surface area contributed by atoms with Crippen molar-refractivity contribution in [2.75, 3.05) is 13.2 Å². The number of nitrogens with zero attached hydrogens (tertiary/aromatic N) is 2. The van der Waals surface area contributed by atoms with Crippen LogP contribution in [-0.4, -0.2) is 69.2 Å². The first-order chi connectivity index (χ1) is 21.4. The number of hydrogen-bond acceptors (Lipinski definition) is 7. The van der Waals surface area contributed by atoms with Gasteiger partial charge in [0, 0.05) is 26.0 Å². The lowest BCUT2D eigenvalue weighted by Gasteiger charge is -2.35. The molecule has 1 fully saturated rings. The maximum Gasteiger partial charge on any atom is 0.246 e. The predicted molar refractivity (Wildman–Crippen MR) is 180 cm³/mol. The molecule has 3 amide bonds. The summed E-state index contributed by atoms with van der Waals surface area (Å²) in [5.74, 6) is -0.827. The summed E-state index contributed by atoms with van der Waals surface area (Å²) in [5, 5.41) is 25.4. The van der Waals surface area contributed by atoms with E-state index >= 15 is 0 Å². The average molecular weight is 643 g/mol. The standard InChI is InChI=1S/C35H54N4O5S/c1-24(26-16-18-27(19-17-26)31-25(2)36-23-45-31)37-33(43)29-21-28(41)22-39(29)34(44)32(35(3,4)5)38-30(42)15-13-11-9-7-6-8-10-12-14-20-40/h16-19,23-24,28-29,32,40-41H,6-15,20-22H2,1-5H3,(H,37,43)(H,38,42)/t24-,28+,29-,32+/m0/s1. The van der Waals surface area contributed by atoms with Crippen molar-refractivity contribution >= 4 is 29.1 Å². The van der Waals surface area contributed by atoms with Crippen molar-refractivity contribution in [1.82, 2.24) is 20.5 Å². The van der Waals surface area contributed by atoms with Crippen LogP contribution in [0.5, 0.6) is 0 Å². The van der Waals surface area contributed by atoms with Crippen LogP contribution in [-0.2, 0) is 14.4 Å². The Morgan fingerprint density at radius 3 is 2.13 bits per heavy atom. The van der Waals surface area contributed by atoms with Gasteiger partial charge in [-0.25, -0.2) is 4.98 Å². The molecule has 1 aliphatic heterocycles. The Bertz CT molecular complexity index is 1230. The first-order valence-corrected chi connectivity index (χ1v) is 17.5. The van der Waals surface area contributed by atoms with Crippen molar-refractivity contribution < 1.29 is 24.6 Å². The highest BCUT2D eigenvalue weighted by Crippen LogP contribution is 2.29. The summed E-state index contributed by atoms with van der Waals surface area (Å²) in [6.45, 7) is 9.90. The van der Waals surface area contributed by atoms with Crippen LogP contribution in [0, 0.1) is 12.3 Å². The fraction of sp³-hybridized carbons (Fsp3) is 0.657. The first kappa shape index (κ1) is 36.6. The zero-order valence-electron chi connectivity index (χ0n) is 27.8. The van der Waals surface area contributed by atoms with Crippen molar-refractivity contribution in [3.8, 4) is 10.4 Å². The molecule has 10 heteroatoms. The third-order valence-corrected chi connectivity index (χ3v) is 9.60. The lowest BCUT2D eigenvalue weighted by atomic mass is 9.85. The number of amides is 3. The van der Waals surface area contributed by atoms with Crippen LogP contribution >= 0.6 is 11.3 Å². The van der Waals surface area contributed by atoms with Gasteiger partial charge in [0.15, 0.2) is 0 Å². The Kier molecular flexibility index (Phi) is 14.5. The number of thiazole rings is 1. The molecular formula is C35H54N4O5S. The summed E-state index contributed by atoms with van der Waals surface area (Å²) in [5.41, 5.74) is 4.24. The number of aromatic nitrogens is 1. The predicted octanol–water partition coefficient (Wildman–Crippen LogP) is 5.68. The number of likely N-dealkylation sites (tertiary alicyclic amines) is 1. The largest absolute Gasteiger partial charge is 0.396 e. The molecular weight excluding hydrogens is 588 g/mol. The van der Waals surface area contributed by atoms with E-state index in [4.69, 9.17) is 5.11 Å². The van der Waals surface area contributed by atoms with Crippen molar-refractivity contribution in [2.24, 2.45) is 5.41 Å². The Hall–Kier alpha value is -2.82. The molecule has 0 spiro atoms. The van der Waals surface area contributed by atoms with Gasteiger partial charge in [0.2, 0.25) is 17.7 Å². The summed E-state index contributed by atoms with van der Waals surface area (Å²) in [7, 11) is 0. The number of aliphatic hydroxyl groups is 2. The summed E-state index contributed by atoms with van der Waals surface area (Å²) in [6.07, 6.45) is 9.09. The molecule has 1 saturated heterocycles. The van der Waals surface area contributed by atoms with Gasteiger partial charge in [-0.3, -0.25) is 14.4 Å². The SMILES string of the molecule is Cc1ncsc1-c1ccc([C@H](C)NC(=O)[C@@H]2C[C@@H](O)CN2C(=O)[C@@H](NC(=O)CCCCCCCCCCCO)C(C)(C)C)cc1. The highest BCUT2D eigenvalue weighted by Gasteiger charge is 2.44. The molecule has 0 bridgehead atoms. The summed E-state index contributed by atoms with van der Waals surface area (Å²) < 4.78 is 0. The van der Waals surface area contributed by atoms with Crippen LogP contribution in [0.2, 0.25) is 0 Å². The second-order valence-corrected chi connectivity index (χ2v) is 14.4. The third-order valence-electron chi connectivity index (χ3n) is 8.62. The highest BCUT2D eigenvalue weighted by molar-refractivity contribution is 7.13. The number of carbonyl (C=O) groups is 3. The Morgan fingerprint density at radius 1 is 0.978 bits per heavy atom. The van der Waals surface area contributed by atoms with Crippen molar-refractivity contribution in [3.63, 3.8) is 0 Å². The minimum Gasteiger partial charge on any atom is -0.396 e. The van der Waals surface area contributed by atoms with Crippen LogP contribution in [0.1, 0.15) is 116 Å². The molecule has 250 valence electrons. The fourth-order valence-corrected chi connectivity index (χ4v) is 6.70. The highest BCUT2D eigenvalue weighted by atomic mass is 32.1. The number of nitrogens with one attached hydrogen (secondary N) is 2. The molecule has 2 aromatic rings. The number of β-amino-alcohol motifs (C(OH)–C–C–N with tert-alkyl or cyclic N) is 1. The smallest absolute Gasteiger partial charge is 0.246 e. The van der Waals surface area contributed by atoms with Gasteiger partial charge in [-0.1, -0.05) is 90.0 Å². The second kappa shape index (κ2) is 17.8. The summed E-state index contributed by atoms with van der Waals surface area (Å²) >= 11 is 1.59. The van der Waals surface area contributed by atoms with E-state index in [0.717, 1.165) is 66.6 Å². The third kappa shape index (κ3) is 11.2. The monoisotopic (exact) mass is 642 g/mol. The molecule has 1 aromatic heterocycles. The minimum absolute atomic E-state index is 0.0522.